The number of fused-ring (bicyclic) bond motifs is 2. The van der Waals surface area contributed by atoms with Gasteiger partial charge in [0, 0.05) is 23.5 Å². The Balaban J connectivity index is 1.53. The number of aromatic nitrogens is 2. The number of rotatable bonds is 5. The van der Waals surface area contributed by atoms with Gasteiger partial charge < -0.3 is 14.2 Å². The second kappa shape index (κ2) is 8.20. The number of methoxy groups -OCH3 is 1. The quantitative estimate of drug-likeness (QED) is 0.609. The number of aryl methyl sites for hydroxylation is 1. The summed E-state index contributed by atoms with van der Waals surface area (Å²) in [7, 11) is 1.65. The standard InChI is InChI=1S/C24H26N4O4/c1-4-20-16(2)25-24-27(18-6-8-19(30-3)9-7-18)13-26(14-28(24)23(20)29)12-17-5-10-21-22(11-17)32-15-31-21/h5-11H,4,12-15H2,1-3H3. The first-order chi connectivity index (χ1) is 15.6. The molecule has 166 valence electrons. The van der Waals surface area contributed by atoms with Crippen LogP contribution >= 0.6 is 0 Å². The number of anilines is 2. The van der Waals surface area contributed by atoms with Crippen molar-refractivity contribution in [1.29, 1.82) is 0 Å². The average Bonchev–Trinajstić information content (AvgIpc) is 3.27. The molecule has 5 rings (SSSR count). The summed E-state index contributed by atoms with van der Waals surface area (Å²) in [6, 6.07) is 13.8. The minimum absolute atomic E-state index is 0.0175. The number of hydrogen-bond acceptors (Lipinski definition) is 7. The molecule has 0 saturated heterocycles. The van der Waals surface area contributed by atoms with Crippen molar-refractivity contribution in [3.63, 3.8) is 0 Å². The fourth-order valence-corrected chi connectivity index (χ4v) is 4.29. The zero-order chi connectivity index (χ0) is 22.2. The van der Waals surface area contributed by atoms with Crippen molar-refractivity contribution in [1.82, 2.24) is 14.5 Å². The van der Waals surface area contributed by atoms with Crippen LogP contribution in [0.25, 0.3) is 0 Å². The van der Waals surface area contributed by atoms with Crippen molar-refractivity contribution >= 4 is 11.6 Å². The van der Waals surface area contributed by atoms with Gasteiger partial charge >= 0.3 is 0 Å². The van der Waals surface area contributed by atoms with Crippen LogP contribution in [0.2, 0.25) is 0 Å². The number of hydrogen-bond donors (Lipinski definition) is 0. The van der Waals surface area contributed by atoms with E-state index in [9.17, 15) is 4.79 Å². The van der Waals surface area contributed by atoms with E-state index in [-0.39, 0.29) is 12.4 Å². The molecular weight excluding hydrogens is 408 g/mol. The van der Waals surface area contributed by atoms with Crippen LogP contribution in [0.1, 0.15) is 23.7 Å². The molecule has 0 amide bonds. The van der Waals surface area contributed by atoms with E-state index in [0.29, 0.717) is 32.3 Å². The van der Waals surface area contributed by atoms with Crippen LogP contribution in [0.15, 0.2) is 47.3 Å². The van der Waals surface area contributed by atoms with Crippen molar-refractivity contribution in [2.24, 2.45) is 0 Å². The van der Waals surface area contributed by atoms with Crippen LogP contribution in [0, 0.1) is 6.92 Å². The van der Waals surface area contributed by atoms with E-state index < -0.39 is 0 Å². The van der Waals surface area contributed by atoms with Gasteiger partial charge in [0.1, 0.15) is 5.75 Å². The zero-order valence-electron chi connectivity index (χ0n) is 18.5. The molecule has 3 heterocycles. The Morgan fingerprint density at radius 1 is 1.06 bits per heavy atom. The highest BCUT2D eigenvalue weighted by Gasteiger charge is 2.28. The molecule has 0 aliphatic carbocycles. The molecule has 8 nitrogen and oxygen atoms in total. The van der Waals surface area contributed by atoms with E-state index in [1.807, 2.05) is 56.3 Å². The molecule has 3 aromatic rings. The highest BCUT2D eigenvalue weighted by Crippen LogP contribution is 2.34. The molecule has 0 unspecified atom stereocenters. The SMILES string of the molecule is CCc1c(C)nc2n(c1=O)CN(Cc1ccc3c(c1)OCO3)CN2c1ccc(OC)cc1. The van der Waals surface area contributed by atoms with Gasteiger partial charge in [0.15, 0.2) is 11.5 Å². The summed E-state index contributed by atoms with van der Waals surface area (Å²) in [6.07, 6.45) is 0.655. The molecule has 1 aromatic heterocycles. The van der Waals surface area contributed by atoms with Gasteiger partial charge in [-0.2, -0.15) is 0 Å². The fourth-order valence-electron chi connectivity index (χ4n) is 4.29. The third-order valence-electron chi connectivity index (χ3n) is 5.95. The van der Waals surface area contributed by atoms with Gasteiger partial charge in [0.05, 0.1) is 20.4 Å². The van der Waals surface area contributed by atoms with E-state index in [2.05, 4.69) is 9.80 Å². The van der Waals surface area contributed by atoms with E-state index in [1.54, 1.807) is 11.7 Å². The maximum Gasteiger partial charge on any atom is 0.259 e. The molecule has 2 aliphatic rings. The van der Waals surface area contributed by atoms with E-state index in [1.165, 1.54) is 0 Å². The molecule has 0 N–H and O–H groups in total. The lowest BCUT2D eigenvalue weighted by molar-refractivity contribution is 0.173. The predicted octanol–water partition coefficient (Wildman–Crippen LogP) is 3.42. The molecule has 0 saturated carbocycles. The van der Waals surface area contributed by atoms with Crippen molar-refractivity contribution in [2.75, 3.05) is 25.5 Å². The monoisotopic (exact) mass is 434 g/mol. The van der Waals surface area contributed by atoms with Crippen LogP contribution in [0.5, 0.6) is 17.2 Å². The first-order valence-corrected chi connectivity index (χ1v) is 10.7. The highest BCUT2D eigenvalue weighted by atomic mass is 16.7. The molecule has 0 radical (unpaired) electrons. The normalized spacial score (nSPS) is 15.0. The van der Waals surface area contributed by atoms with Crippen LogP contribution in [-0.4, -0.2) is 35.0 Å². The number of benzene rings is 2. The summed E-state index contributed by atoms with van der Waals surface area (Å²) in [6.45, 7) is 5.87. The maximum atomic E-state index is 13.3. The predicted molar refractivity (Wildman–Crippen MR) is 121 cm³/mol. The largest absolute Gasteiger partial charge is 0.497 e. The minimum atomic E-state index is 0.0175. The second-order valence-corrected chi connectivity index (χ2v) is 7.99. The Morgan fingerprint density at radius 3 is 2.59 bits per heavy atom. The van der Waals surface area contributed by atoms with E-state index >= 15 is 0 Å². The van der Waals surface area contributed by atoms with Crippen molar-refractivity contribution in [2.45, 2.75) is 33.5 Å². The molecule has 8 heteroatoms. The third-order valence-corrected chi connectivity index (χ3v) is 5.95. The molecular formula is C24H26N4O4. The van der Waals surface area contributed by atoms with Gasteiger partial charge in [-0.25, -0.2) is 4.98 Å². The lowest BCUT2D eigenvalue weighted by atomic mass is 10.1. The molecule has 2 aliphatic heterocycles. The van der Waals surface area contributed by atoms with Gasteiger partial charge in [0.2, 0.25) is 12.7 Å². The fraction of sp³-hybridized carbons (Fsp3) is 0.333. The molecule has 0 spiro atoms. The molecule has 2 aromatic carbocycles. The van der Waals surface area contributed by atoms with E-state index in [4.69, 9.17) is 19.2 Å². The van der Waals surface area contributed by atoms with Gasteiger partial charge in [-0.1, -0.05) is 13.0 Å². The topological polar surface area (TPSA) is 69.1 Å². The smallest absolute Gasteiger partial charge is 0.259 e. The number of ether oxygens (including phenoxy) is 3. The Hall–Kier alpha value is -3.52. The Labute approximate surface area is 186 Å². The summed E-state index contributed by atoms with van der Waals surface area (Å²) in [4.78, 5) is 22.4. The molecule has 32 heavy (non-hydrogen) atoms. The van der Waals surface area contributed by atoms with Crippen LogP contribution in [0.3, 0.4) is 0 Å². The van der Waals surface area contributed by atoms with E-state index in [0.717, 1.165) is 39.8 Å². The Kier molecular flexibility index (Phi) is 5.22. The van der Waals surface area contributed by atoms with Crippen molar-refractivity contribution in [3.8, 4) is 17.2 Å². The average molecular weight is 434 g/mol. The summed E-state index contributed by atoms with van der Waals surface area (Å²) in [5.41, 5.74) is 3.60. The maximum absolute atomic E-state index is 13.3. The Morgan fingerprint density at radius 2 is 1.84 bits per heavy atom. The lowest BCUT2D eigenvalue weighted by Gasteiger charge is -2.38. The van der Waals surface area contributed by atoms with Gasteiger partial charge in [-0.3, -0.25) is 19.2 Å². The second-order valence-electron chi connectivity index (χ2n) is 7.99. The minimum Gasteiger partial charge on any atom is -0.497 e. The highest BCUT2D eigenvalue weighted by molar-refractivity contribution is 5.59. The first-order valence-electron chi connectivity index (χ1n) is 10.7. The van der Waals surface area contributed by atoms with Crippen LogP contribution < -0.4 is 24.7 Å². The summed E-state index contributed by atoms with van der Waals surface area (Å²) >= 11 is 0. The van der Waals surface area contributed by atoms with Crippen LogP contribution in [-0.2, 0) is 19.6 Å². The van der Waals surface area contributed by atoms with Gasteiger partial charge in [-0.15, -0.1) is 0 Å². The molecule has 0 atom stereocenters. The van der Waals surface area contributed by atoms with Gasteiger partial charge in [-0.05, 0) is 55.3 Å². The van der Waals surface area contributed by atoms with Crippen molar-refractivity contribution in [3.05, 3.63) is 69.6 Å². The third kappa shape index (κ3) is 3.56. The van der Waals surface area contributed by atoms with Crippen molar-refractivity contribution < 1.29 is 14.2 Å². The Bertz CT molecular complexity index is 1210. The lowest BCUT2D eigenvalue weighted by Crippen LogP contribution is -2.47. The number of nitrogens with zero attached hydrogens (tertiary/aromatic N) is 4. The molecule has 0 fully saturated rings. The molecule has 0 bridgehead atoms. The summed E-state index contributed by atoms with van der Waals surface area (Å²) < 4.78 is 18.0. The van der Waals surface area contributed by atoms with Gasteiger partial charge in [0.25, 0.3) is 5.56 Å². The van der Waals surface area contributed by atoms with Crippen LogP contribution in [0.4, 0.5) is 11.6 Å². The summed E-state index contributed by atoms with van der Waals surface area (Å²) in [5.74, 6) is 2.97. The summed E-state index contributed by atoms with van der Waals surface area (Å²) in [5, 5.41) is 0. The first kappa shape index (κ1) is 20.4. The zero-order valence-corrected chi connectivity index (χ0v) is 18.5.